The van der Waals surface area contributed by atoms with Gasteiger partial charge in [0.05, 0.1) is 5.92 Å². The van der Waals surface area contributed by atoms with Crippen molar-refractivity contribution in [3.05, 3.63) is 65.7 Å². The minimum atomic E-state index is -0.939. The Bertz CT molecular complexity index is 866. The molecule has 0 aliphatic carbocycles. The fourth-order valence-corrected chi connectivity index (χ4v) is 3.16. The van der Waals surface area contributed by atoms with Crippen LogP contribution < -0.4 is 5.32 Å². The summed E-state index contributed by atoms with van der Waals surface area (Å²) in [7, 11) is 0. The number of nitrogens with one attached hydrogen (secondary N) is 1. The molecular weight excluding hydrogens is 356 g/mol. The summed E-state index contributed by atoms with van der Waals surface area (Å²) in [5.74, 6) is -1.54. The van der Waals surface area contributed by atoms with Crippen molar-refractivity contribution in [1.29, 1.82) is 0 Å². The molecule has 28 heavy (non-hydrogen) atoms. The van der Waals surface area contributed by atoms with Gasteiger partial charge < -0.3 is 15.0 Å². The van der Waals surface area contributed by atoms with E-state index in [0.29, 0.717) is 18.8 Å². The Balaban J connectivity index is 1.53. The molecule has 0 aromatic heterocycles. The number of ether oxygens (including phenoxy) is 1. The van der Waals surface area contributed by atoms with Crippen LogP contribution in [0.3, 0.4) is 0 Å². The van der Waals surface area contributed by atoms with Crippen molar-refractivity contribution in [3.63, 3.8) is 0 Å². The second kappa shape index (κ2) is 8.69. The molecule has 0 spiro atoms. The molecule has 6 heteroatoms. The number of hydrogen-bond acceptors (Lipinski definition) is 4. The topological polar surface area (TPSA) is 75.7 Å². The van der Waals surface area contributed by atoms with Gasteiger partial charge in [0.2, 0.25) is 5.91 Å². The predicted octanol–water partition coefficient (Wildman–Crippen LogP) is 2.91. The lowest BCUT2D eigenvalue weighted by Crippen LogP contribution is -2.33. The summed E-state index contributed by atoms with van der Waals surface area (Å²) in [6.45, 7) is 4.19. The molecule has 2 aromatic carbocycles. The SMILES string of the molecule is Cc1ccccc1NC(=O)[C@H](C)OC(=O)[C@@H]1CC(=O)N(Cc2ccccc2)C1. The molecule has 1 heterocycles. The van der Waals surface area contributed by atoms with Gasteiger partial charge in [-0.1, -0.05) is 48.5 Å². The monoisotopic (exact) mass is 380 g/mol. The summed E-state index contributed by atoms with van der Waals surface area (Å²) in [5, 5.41) is 2.76. The summed E-state index contributed by atoms with van der Waals surface area (Å²) in [4.78, 5) is 38.6. The Labute approximate surface area is 164 Å². The molecule has 6 nitrogen and oxygen atoms in total. The van der Waals surface area contributed by atoms with Gasteiger partial charge in [-0.2, -0.15) is 0 Å². The molecule has 2 amide bonds. The number of aryl methyl sites for hydroxylation is 1. The van der Waals surface area contributed by atoms with E-state index in [0.717, 1.165) is 11.1 Å². The van der Waals surface area contributed by atoms with Crippen molar-refractivity contribution >= 4 is 23.5 Å². The van der Waals surface area contributed by atoms with E-state index in [2.05, 4.69) is 5.32 Å². The minimum absolute atomic E-state index is 0.0807. The van der Waals surface area contributed by atoms with Crippen LogP contribution in [-0.2, 0) is 25.7 Å². The molecule has 0 radical (unpaired) electrons. The van der Waals surface area contributed by atoms with E-state index in [1.807, 2.05) is 55.5 Å². The van der Waals surface area contributed by atoms with Crippen molar-refractivity contribution in [3.8, 4) is 0 Å². The highest BCUT2D eigenvalue weighted by Gasteiger charge is 2.36. The first kappa shape index (κ1) is 19.6. The fourth-order valence-electron chi connectivity index (χ4n) is 3.16. The van der Waals surface area contributed by atoms with Crippen LogP contribution >= 0.6 is 0 Å². The van der Waals surface area contributed by atoms with Gasteiger partial charge in [-0.25, -0.2) is 0 Å². The first-order valence-electron chi connectivity index (χ1n) is 9.32. The zero-order chi connectivity index (χ0) is 20.1. The number of anilines is 1. The van der Waals surface area contributed by atoms with E-state index in [1.165, 1.54) is 6.92 Å². The Kier molecular flexibility index (Phi) is 6.09. The number of carbonyl (C=O) groups excluding carboxylic acids is 3. The van der Waals surface area contributed by atoms with Crippen molar-refractivity contribution in [2.75, 3.05) is 11.9 Å². The van der Waals surface area contributed by atoms with Gasteiger partial charge in [-0.15, -0.1) is 0 Å². The Morgan fingerprint density at radius 2 is 1.82 bits per heavy atom. The normalized spacial score (nSPS) is 17.3. The maximum atomic E-state index is 12.4. The molecule has 1 aliphatic rings. The fraction of sp³-hybridized carbons (Fsp3) is 0.318. The molecule has 146 valence electrons. The maximum Gasteiger partial charge on any atom is 0.312 e. The van der Waals surface area contributed by atoms with Crippen LogP contribution in [0.1, 0.15) is 24.5 Å². The summed E-state index contributed by atoms with van der Waals surface area (Å²) < 4.78 is 5.33. The summed E-state index contributed by atoms with van der Waals surface area (Å²) in [6, 6.07) is 17.0. The highest BCUT2D eigenvalue weighted by atomic mass is 16.5. The van der Waals surface area contributed by atoms with Crippen molar-refractivity contribution in [2.45, 2.75) is 32.9 Å². The third-order valence-corrected chi connectivity index (χ3v) is 4.83. The molecule has 3 rings (SSSR count). The molecule has 2 aromatic rings. The van der Waals surface area contributed by atoms with Crippen LogP contribution in [0.25, 0.3) is 0 Å². The van der Waals surface area contributed by atoms with Gasteiger partial charge >= 0.3 is 5.97 Å². The number of rotatable bonds is 6. The lowest BCUT2D eigenvalue weighted by Gasteiger charge is -2.18. The van der Waals surface area contributed by atoms with E-state index < -0.39 is 23.9 Å². The number of benzene rings is 2. The van der Waals surface area contributed by atoms with E-state index >= 15 is 0 Å². The van der Waals surface area contributed by atoms with Gasteiger partial charge in [0.15, 0.2) is 6.10 Å². The number of likely N-dealkylation sites (tertiary alicyclic amines) is 1. The van der Waals surface area contributed by atoms with Gasteiger partial charge in [0.25, 0.3) is 5.91 Å². The number of nitrogens with zero attached hydrogens (tertiary/aromatic N) is 1. The summed E-state index contributed by atoms with van der Waals surface area (Å²) in [5.41, 5.74) is 2.61. The second-order valence-electron chi connectivity index (χ2n) is 7.04. The van der Waals surface area contributed by atoms with Gasteiger partial charge in [0, 0.05) is 25.2 Å². The molecule has 1 aliphatic heterocycles. The van der Waals surface area contributed by atoms with Crippen LogP contribution in [0.15, 0.2) is 54.6 Å². The molecule has 0 unspecified atom stereocenters. The van der Waals surface area contributed by atoms with E-state index in [4.69, 9.17) is 4.74 Å². The van der Waals surface area contributed by atoms with Crippen LogP contribution in [0, 0.1) is 12.8 Å². The highest BCUT2D eigenvalue weighted by molar-refractivity contribution is 5.96. The van der Waals surface area contributed by atoms with E-state index in [-0.39, 0.29) is 12.3 Å². The molecule has 1 fully saturated rings. The first-order valence-corrected chi connectivity index (χ1v) is 9.32. The molecule has 1 saturated heterocycles. The molecular formula is C22H24N2O4. The van der Waals surface area contributed by atoms with Crippen LogP contribution in [0.4, 0.5) is 5.69 Å². The number of esters is 1. The summed E-state index contributed by atoms with van der Waals surface area (Å²) in [6.07, 6.45) is -0.831. The lowest BCUT2D eigenvalue weighted by atomic mass is 10.1. The molecule has 0 bridgehead atoms. The van der Waals surface area contributed by atoms with Crippen molar-refractivity contribution in [1.82, 2.24) is 4.90 Å². The smallest absolute Gasteiger partial charge is 0.312 e. The summed E-state index contributed by atoms with van der Waals surface area (Å²) >= 11 is 0. The first-order chi connectivity index (χ1) is 13.4. The zero-order valence-corrected chi connectivity index (χ0v) is 16.1. The lowest BCUT2D eigenvalue weighted by molar-refractivity contribution is -0.157. The van der Waals surface area contributed by atoms with Gasteiger partial charge in [-0.05, 0) is 31.0 Å². The Morgan fingerprint density at radius 1 is 1.14 bits per heavy atom. The second-order valence-corrected chi connectivity index (χ2v) is 7.04. The standard InChI is InChI=1S/C22H24N2O4/c1-15-8-6-7-11-19(15)23-21(26)16(2)28-22(27)18-12-20(25)24(14-18)13-17-9-4-3-5-10-17/h3-11,16,18H,12-14H2,1-2H3,(H,23,26)/t16-,18+/m0/s1. The third-order valence-electron chi connectivity index (χ3n) is 4.83. The Morgan fingerprint density at radius 3 is 2.54 bits per heavy atom. The maximum absolute atomic E-state index is 12.4. The molecule has 2 atom stereocenters. The molecule has 1 N–H and O–H groups in total. The van der Waals surface area contributed by atoms with E-state index in [9.17, 15) is 14.4 Å². The largest absolute Gasteiger partial charge is 0.452 e. The number of para-hydroxylation sites is 1. The number of amides is 2. The van der Waals surface area contributed by atoms with Gasteiger partial charge in [-0.3, -0.25) is 14.4 Å². The quantitative estimate of drug-likeness (QED) is 0.782. The molecule has 0 saturated carbocycles. The third kappa shape index (κ3) is 4.76. The average molecular weight is 380 g/mol. The van der Waals surface area contributed by atoms with Crippen LogP contribution in [0.2, 0.25) is 0 Å². The number of hydrogen-bond donors (Lipinski definition) is 1. The van der Waals surface area contributed by atoms with Crippen LogP contribution in [-0.4, -0.2) is 35.3 Å². The van der Waals surface area contributed by atoms with Crippen LogP contribution in [0.5, 0.6) is 0 Å². The average Bonchev–Trinajstić information content (AvgIpc) is 3.05. The minimum Gasteiger partial charge on any atom is -0.452 e. The number of carbonyl (C=O) groups is 3. The van der Waals surface area contributed by atoms with Crippen molar-refractivity contribution < 1.29 is 19.1 Å². The zero-order valence-electron chi connectivity index (χ0n) is 16.1. The van der Waals surface area contributed by atoms with Crippen molar-refractivity contribution in [2.24, 2.45) is 5.92 Å². The van der Waals surface area contributed by atoms with E-state index in [1.54, 1.807) is 11.0 Å². The van der Waals surface area contributed by atoms with Gasteiger partial charge in [0.1, 0.15) is 0 Å². The predicted molar refractivity (Wildman–Crippen MR) is 105 cm³/mol. The highest BCUT2D eigenvalue weighted by Crippen LogP contribution is 2.22. The Hall–Kier alpha value is -3.15.